The fourth-order valence-electron chi connectivity index (χ4n) is 2.91. The maximum atomic E-state index is 12.6. The third kappa shape index (κ3) is 5.64. The van der Waals surface area contributed by atoms with Crippen LogP contribution in [0.5, 0.6) is 0 Å². The summed E-state index contributed by atoms with van der Waals surface area (Å²) in [7, 11) is -3.61. The number of rotatable bonds is 8. The normalized spacial score (nSPS) is 16.9. The molecule has 1 atom stereocenters. The van der Waals surface area contributed by atoms with Gasteiger partial charge in [-0.15, -0.1) is 0 Å². The number of sulfonamides is 1. The maximum Gasteiger partial charge on any atom is 0.309 e. The van der Waals surface area contributed by atoms with E-state index in [1.54, 1.807) is 26.0 Å². The minimum atomic E-state index is -3.61. The van der Waals surface area contributed by atoms with Crippen molar-refractivity contribution >= 4 is 27.6 Å². The molecule has 8 heteroatoms. The van der Waals surface area contributed by atoms with Gasteiger partial charge in [0.05, 0.1) is 10.8 Å². The fraction of sp³-hybridized carbons (Fsp3) is 0.474. The Labute approximate surface area is 160 Å². The van der Waals surface area contributed by atoms with Crippen molar-refractivity contribution in [3.63, 3.8) is 0 Å². The number of anilines is 1. The maximum absolute atomic E-state index is 12.6. The Bertz CT molecular complexity index is 800. The summed E-state index contributed by atoms with van der Waals surface area (Å²) in [4.78, 5) is 24.1. The first kappa shape index (κ1) is 21.1. The van der Waals surface area contributed by atoms with Crippen LogP contribution >= 0.6 is 0 Å². The van der Waals surface area contributed by atoms with Crippen molar-refractivity contribution in [2.75, 3.05) is 25.0 Å². The van der Waals surface area contributed by atoms with Crippen molar-refractivity contribution in [3.8, 4) is 0 Å². The number of carbonyl (C=O) groups excluding carboxylic acids is 2. The second-order valence-corrected chi connectivity index (χ2v) is 8.19. The van der Waals surface area contributed by atoms with Gasteiger partial charge in [-0.05, 0) is 37.5 Å². The standard InChI is InChI=1S/C19H26N2O5S/c1-3-21(4-2)27(24,25)17-12-8-11-16(13-17)20-18(22)14-26-19(23)15-9-6-5-7-10-15/h5-6,8,11-13,15H,3-4,7,9-10,14H2,1-2H3,(H,20,22)/t15-/m0/s1. The SMILES string of the molecule is CCN(CC)S(=O)(=O)c1cccc(NC(=O)COC(=O)[C@H]2CC=CCC2)c1. The molecular weight excluding hydrogens is 368 g/mol. The Hall–Kier alpha value is -2.19. The van der Waals surface area contributed by atoms with E-state index in [-0.39, 0.29) is 16.8 Å². The third-order valence-electron chi connectivity index (χ3n) is 4.41. The van der Waals surface area contributed by atoms with Gasteiger partial charge < -0.3 is 10.1 Å². The smallest absolute Gasteiger partial charge is 0.309 e. The second kappa shape index (κ2) is 9.66. The predicted octanol–water partition coefficient (Wildman–Crippen LogP) is 2.56. The molecule has 27 heavy (non-hydrogen) atoms. The molecule has 1 aromatic rings. The van der Waals surface area contributed by atoms with Gasteiger partial charge >= 0.3 is 5.97 Å². The van der Waals surface area contributed by atoms with Crippen molar-refractivity contribution in [1.82, 2.24) is 4.31 Å². The van der Waals surface area contributed by atoms with Crippen LogP contribution in [0.3, 0.4) is 0 Å². The molecule has 0 saturated heterocycles. The summed E-state index contributed by atoms with van der Waals surface area (Å²) in [5.41, 5.74) is 0.338. The lowest BCUT2D eigenvalue weighted by Gasteiger charge is -2.19. The molecule has 0 unspecified atom stereocenters. The zero-order valence-corrected chi connectivity index (χ0v) is 16.5. The summed E-state index contributed by atoms with van der Waals surface area (Å²) in [5.74, 6) is -1.09. The molecular formula is C19H26N2O5S. The van der Waals surface area contributed by atoms with E-state index in [0.717, 1.165) is 12.8 Å². The highest BCUT2D eigenvalue weighted by Crippen LogP contribution is 2.21. The second-order valence-electron chi connectivity index (χ2n) is 6.25. The Kier molecular flexibility index (Phi) is 7.55. The molecule has 1 aromatic carbocycles. The molecule has 0 aromatic heterocycles. The predicted molar refractivity (Wildman–Crippen MR) is 103 cm³/mol. The number of carbonyl (C=O) groups is 2. The van der Waals surface area contributed by atoms with Gasteiger partial charge in [-0.3, -0.25) is 9.59 Å². The van der Waals surface area contributed by atoms with E-state index < -0.39 is 22.5 Å². The van der Waals surface area contributed by atoms with E-state index >= 15 is 0 Å². The number of hydrogen-bond donors (Lipinski definition) is 1. The zero-order chi connectivity index (χ0) is 19.9. The number of nitrogens with one attached hydrogen (secondary N) is 1. The van der Waals surface area contributed by atoms with Crippen LogP contribution in [0.15, 0.2) is 41.3 Å². The largest absolute Gasteiger partial charge is 0.455 e. The van der Waals surface area contributed by atoms with Gasteiger partial charge in [-0.2, -0.15) is 4.31 Å². The number of allylic oxidation sites excluding steroid dienone is 2. The molecule has 0 saturated carbocycles. The molecule has 0 aliphatic heterocycles. The van der Waals surface area contributed by atoms with Crippen LogP contribution < -0.4 is 5.32 Å². The summed E-state index contributed by atoms with van der Waals surface area (Å²) < 4.78 is 31.5. The number of ether oxygens (including phenoxy) is 1. The minimum Gasteiger partial charge on any atom is -0.455 e. The molecule has 2 rings (SSSR count). The highest BCUT2D eigenvalue weighted by atomic mass is 32.2. The molecule has 1 aliphatic carbocycles. The van der Waals surface area contributed by atoms with Gasteiger partial charge in [0.15, 0.2) is 6.61 Å². The van der Waals surface area contributed by atoms with Crippen LogP contribution in [0, 0.1) is 5.92 Å². The molecule has 1 N–H and O–H groups in total. The molecule has 0 heterocycles. The Balaban J connectivity index is 1.96. The van der Waals surface area contributed by atoms with Gasteiger partial charge in [0.25, 0.3) is 5.91 Å². The first-order chi connectivity index (χ1) is 12.9. The van der Waals surface area contributed by atoms with Crippen LogP contribution in [0.4, 0.5) is 5.69 Å². The summed E-state index contributed by atoms with van der Waals surface area (Å²) in [6.45, 7) is 3.86. The monoisotopic (exact) mass is 394 g/mol. The minimum absolute atomic E-state index is 0.106. The lowest BCUT2D eigenvalue weighted by atomic mass is 9.95. The lowest BCUT2D eigenvalue weighted by molar-refractivity contribution is -0.151. The van der Waals surface area contributed by atoms with Gasteiger partial charge in [0.2, 0.25) is 10.0 Å². The molecule has 0 fully saturated rings. The van der Waals surface area contributed by atoms with Gasteiger partial charge in [-0.25, -0.2) is 8.42 Å². The van der Waals surface area contributed by atoms with E-state index in [1.807, 2.05) is 12.2 Å². The van der Waals surface area contributed by atoms with E-state index in [2.05, 4.69) is 5.32 Å². The summed E-state index contributed by atoms with van der Waals surface area (Å²) in [6, 6.07) is 6.04. The highest BCUT2D eigenvalue weighted by Gasteiger charge is 2.23. The summed E-state index contributed by atoms with van der Waals surface area (Å²) >= 11 is 0. The van der Waals surface area contributed by atoms with Gasteiger partial charge in [0.1, 0.15) is 0 Å². The van der Waals surface area contributed by atoms with Gasteiger partial charge in [-0.1, -0.05) is 32.1 Å². The van der Waals surface area contributed by atoms with Crippen molar-refractivity contribution < 1.29 is 22.7 Å². The van der Waals surface area contributed by atoms with E-state index in [1.165, 1.54) is 16.4 Å². The molecule has 1 aliphatic rings. The molecule has 0 radical (unpaired) electrons. The molecule has 0 spiro atoms. The van der Waals surface area contributed by atoms with Crippen LogP contribution in [0.1, 0.15) is 33.1 Å². The van der Waals surface area contributed by atoms with Crippen molar-refractivity contribution in [2.45, 2.75) is 38.0 Å². The number of benzene rings is 1. The first-order valence-electron chi connectivity index (χ1n) is 9.10. The summed E-state index contributed by atoms with van der Waals surface area (Å²) in [5, 5.41) is 2.57. The van der Waals surface area contributed by atoms with Crippen molar-refractivity contribution in [1.29, 1.82) is 0 Å². The highest BCUT2D eigenvalue weighted by molar-refractivity contribution is 7.89. The number of esters is 1. The molecule has 1 amide bonds. The van der Waals surface area contributed by atoms with E-state index in [0.29, 0.717) is 25.2 Å². The topological polar surface area (TPSA) is 92.8 Å². The quantitative estimate of drug-likeness (QED) is 0.540. The number of nitrogens with zero attached hydrogens (tertiary/aromatic N) is 1. The van der Waals surface area contributed by atoms with E-state index in [4.69, 9.17) is 4.74 Å². The Morgan fingerprint density at radius 1 is 1.22 bits per heavy atom. The molecule has 148 valence electrons. The first-order valence-corrected chi connectivity index (χ1v) is 10.5. The van der Waals surface area contributed by atoms with Crippen molar-refractivity contribution in [2.24, 2.45) is 5.92 Å². The van der Waals surface area contributed by atoms with Crippen LogP contribution in [0.25, 0.3) is 0 Å². The zero-order valence-electron chi connectivity index (χ0n) is 15.7. The fourth-order valence-corrected chi connectivity index (χ4v) is 4.41. The van der Waals surface area contributed by atoms with Gasteiger partial charge in [0, 0.05) is 18.8 Å². The number of amides is 1. The average molecular weight is 394 g/mol. The lowest BCUT2D eigenvalue weighted by Crippen LogP contribution is -2.30. The third-order valence-corrected chi connectivity index (χ3v) is 6.45. The summed E-state index contributed by atoms with van der Waals surface area (Å²) in [6.07, 6.45) is 6.15. The molecule has 7 nitrogen and oxygen atoms in total. The van der Waals surface area contributed by atoms with E-state index in [9.17, 15) is 18.0 Å². The van der Waals surface area contributed by atoms with Crippen LogP contribution in [-0.2, 0) is 24.3 Å². The molecule has 0 bridgehead atoms. The van der Waals surface area contributed by atoms with Crippen LogP contribution in [0.2, 0.25) is 0 Å². The van der Waals surface area contributed by atoms with Crippen molar-refractivity contribution in [3.05, 3.63) is 36.4 Å². The average Bonchev–Trinajstić information content (AvgIpc) is 2.67. The van der Waals surface area contributed by atoms with Crippen LogP contribution in [-0.4, -0.2) is 44.3 Å². The number of hydrogen-bond acceptors (Lipinski definition) is 5. The Morgan fingerprint density at radius 3 is 2.59 bits per heavy atom. The Morgan fingerprint density at radius 2 is 1.96 bits per heavy atom.